The SMILES string of the molecule is Cc1ccccc1-c1noc(CNC(=O)CN(C)S(=O)(=O)c2ccccc2)n1. The average Bonchev–Trinajstić information content (AvgIpc) is 3.16. The summed E-state index contributed by atoms with van der Waals surface area (Å²) in [6.07, 6.45) is 0. The van der Waals surface area contributed by atoms with Gasteiger partial charge in [0.1, 0.15) is 0 Å². The molecule has 0 atom stereocenters. The molecule has 0 aliphatic heterocycles. The van der Waals surface area contributed by atoms with Gasteiger partial charge in [-0.25, -0.2) is 8.42 Å². The second kappa shape index (κ2) is 8.32. The first kappa shape index (κ1) is 19.7. The van der Waals surface area contributed by atoms with Crippen molar-refractivity contribution < 1.29 is 17.7 Å². The van der Waals surface area contributed by atoms with Gasteiger partial charge in [0.2, 0.25) is 27.6 Å². The number of hydrogen-bond donors (Lipinski definition) is 1. The summed E-state index contributed by atoms with van der Waals surface area (Å²) in [4.78, 5) is 16.5. The van der Waals surface area contributed by atoms with Gasteiger partial charge in [-0.15, -0.1) is 0 Å². The first-order chi connectivity index (χ1) is 13.4. The maximum absolute atomic E-state index is 12.4. The van der Waals surface area contributed by atoms with Gasteiger partial charge in [-0.2, -0.15) is 9.29 Å². The van der Waals surface area contributed by atoms with Gasteiger partial charge in [-0.1, -0.05) is 47.6 Å². The van der Waals surface area contributed by atoms with Crippen LogP contribution in [-0.4, -0.2) is 42.4 Å². The first-order valence-electron chi connectivity index (χ1n) is 8.54. The highest BCUT2D eigenvalue weighted by Crippen LogP contribution is 2.19. The van der Waals surface area contributed by atoms with Gasteiger partial charge in [-0.05, 0) is 24.6 Å². The average molecular weight is 400 g/mol. The summed E-state index contributed by atoms with van der Waals surface area (Å²) in [5.74, 6) is 0.198. The van der Waals surface area contributed by atoms with Crippen molar-refractivity contribution in [2.75, 3.05) is 13.6 Å². The molecule has 0 aliphatic rings. The van der Waals surface area contributed by atoms with Gasteiger partial charge in [0.05, 0.1) is 18.0 Å². The third kappa shape index (κ3) is 4.44. The number of benzene rings is 2. The number of carbonyl (C=O) groups excluding carboxylic acids is 1. The standard InChI is InChI=1S/C19H20N4O4S/c1-14-8-6-7-11-16(14)19-21-18(27-22-19)12-20-17(24)13-23(2)28(25,26)15-9-4-3-5-10-15/h3-11H,12-13H2,1-2H3,(H,20,24). The van der Waals surface area contributed by atoms with Crippen LogP contribution < -0.4 is 5.32 Å². The van der Waals surface area contributed by atoms with Gasteiger partial charge in [-0.3, -0.25) is 4.79 Å². The van der Waals surface area contributed by atoms with Gasteiger partial charge >= 0.3 is 0 Å². The highest BCUT2D eigenvalue weighted by Gasteiger charge is 2.22. The summed E-state index contributed by atoms with van der Waals surface area (Å²) in [5, 5.41) is 6.51. The van der Waals surface area contributed by atoms with Gasteiger partial charge in [0.25, 0.3) is 0 Å². The van der Waals surface area contributed by atoms with Crippen molar-refractivity contribution in [3.63, 3.8) is 0 Å². The molecule has 0 spiro atoms. The van der Waals surface area contributed by atoms with Crippen LogP contribution in [0.4, 0.5) is 0 Å². The number of sulfonamides is 1. The lowest BCUT2D eigenvalue weighted by Gasteiger charge is -2.16. The molecule has 1 aromatic heterocycles. The Labute approximate surface area is 163 Å². The van der Waals surface area contributed by atoms with E-state index < -0.39 is 15.9 Å². The number of aromatic nitrogens is 2. The molecule has 0 bridgehead atoms. The van der Waals surface area contributed by atoms with Crippen molar-refractivity contribution >= 4 is 15.9 Å². The molecular weight excluding hydrogens is 380 g/mol. The number of carbonyl (C=O) groups is 1. The minimum Gasteiger partial charge on any atom is -0.346 e. The molecule has 2 aromatic carbocycles. The van der Waals surface area contributed by atoms with E-state index in [1.807, 2.05) is 31.2 Å². The molecule has 146 valence electrons. The Hall–Kier alpha value is -3.04. The summed E-state index contributed by atoms with van der Waals surface area (Å²) >= 11 is 0. The lowest BCUT2D eigenvalue weighted by atomic mass is 10.1. The third-order valence-electron chi connectivity index (χ3n) is 4.11. The second-order valence-electron chi connectivity index (χ2n) is 6.18. The van der Waals surface area contributed by atoms with E-state index in [1.54, 1.807) is 18.2 Å². The molecule has 3 rings (SSSR count). The topological polar surface area (TPSA) is 105 Å². The van der Waals surface area contributed by atoms with Crippen molar-refractivity contribution in [2.45, 2.75) is 18.4 Å². The minimum atomic E-state index is -3.73. The van der Waals surface area contributed by atoms with Crippen LogP contribution in [0.1, 0.15) is 11.5 Å². The molecule has 0 radical (unpaired) electrons. The number of rotatable bonds is 7. The fourth-order valence-corrected chi connectivity index (χ4v) is 3.70. The molecular formula is C19H20N4O4S. The molecule has 0 saturated carbocycles. The summed E-state index contributed by atoms with van der Waals surface area (Å²) in [7, 11) is -2.38. The van der Waals surface area contributed by atoms with Crippen LogP contribution >= 0.6 is 0 Å². The highest BCUT2D eigenvalue weighted by molar-refractivity contribution is 7.89. The molecule has 9 heteroatoms. The summed E-state index contributed by atoms with van der Waals surface area (Å²) in [6, 6.07) is 15.6. The maximum Gasteiger partial charge on any atom is 0.246 e. The molecule has 8 nitrogen and oxygen atoms in total. The van der Waals surface area contributed by atoms with Crippen molar-refractivity contribution in [1.29, 1.82) is 0 Å². The molecule has 28 heavy (non-hydrogen) atoms. The molecule has 0 aliphatic carbocycles. The number of hydrogen-bond acceptors (Lipinski definition) is 6. The fraction of sp³-hybridized carbons (Fsp3) is 0.211. The zero-order valence-electron chi connectivity index (χ0n) is 15.5. The molecule has 1 heterocycles. The lowest BCUT2D eigenvalue weighted by Crippen LogP contribution is -2.38. The summed E-state index contributed by atoms with van der Waals surface area (Å²) in [5.41, 5.74) is 1.85. The van der Waals surface area contributed by atoms with Crippen molar-refractivity contribution in [1.82, 2.24) is 19.8 Å². The van der Waals surface area contributed by atoms with Crippen molar-refractivity contribution in [3.05, 3.63) is 66.1 Å². The monoisotopic (exact) mass is 400 g/mol. The van der Waals surface area contributed by atoms with E-state index in [1.165, 1.54) is 19.2 Å². The molecule has 0 fully saturated rings. The van der Waals surface area contributed by atoms with Crippen LogP contribution in [0.25, 0.3) is 11.4 Å². The zero-order chi connectivity index (χ0) is 20.1. The van der Waals surface area contributed by atoms with Gasteiger partial charge < -0.3 is 9.84 Å². The van der Waals surface area contributed by atoms with Crippen LogP contribution in [0.5, 0.6) is 0 Å². The van der Waals surface area contributed by atoms with E-state index >= 15 is 0 Å². The minimum absolute atomic E-state index is 0.0109. The summed E-state index contributed by atoms with van der Waals surface area (Å²) < 4.78 is 31.0. The third-order valence-corrected chi connectivity index (χ3v) is 5.93. The lowest BCUT2D eigenvalue weighted by molar-refractivity contribution is -0.121. The smallest absolute Gasteiger partial charge is 0.246 e. The Morgan fingerprint density at radius 3 is 2.50 bits per heavy atom. The van der Waals surface area contributed by atoms with E-state index in [0.29, 0.717) is 5.82 Å². The zero-order valence-corrected chi connectivity index (χ0v) is 16.3. The predicted molar refractivity (Wildman–Crippen MR) is 103 cm³/mol. The summed E-state index contributed by atoms with van der Waals surface area (Å²) in [6.45, 7) is 1.63. The molecule has 0 unspecified atom stereocenters. The van der Waals surface area contributed by atoms with E-state index in [9.17, 15) is 13.2 Å². The Bertz CT molecular complexity index is 1060. The van der Waals surface area contributed by atoms with Crippen LogP contribution in [0.3, 0.4) is 0 Å². The second-order valence-corrected chi connectivity index (χ2v) is 8.22. The van der Waals surface area contributed by atoms with Crippen LogP contribution in [0.15, 0.2) is 64.0 Å². The van der Waals surface area contributed by atoms with E-state index in [0.717, 1.165) is 15.4 Å². The van der Waals surface area contributed by atoms with Gasteiger partial charge in [0, 0.05) is 12.6 Å². The number of amides is 1. The van der Waals surface area contributed by atoms with Crippen LogP contribution in [0, 0.1) is 6.92 Å². The molecule has 0 saturated heterocycles. The van der Waals surface area contributed by atoms with Crippen LogP contribution in [-0.2, 0) is 21.4 Å². The predicted octanol–water partition coefficient (Wildman–Crippen LogP) is 1.98. The van der Waals surface area contributed by atoms with Crippen LogP contribution in [0.2, 0.25) is 0 Å². The number of nitrogens with zero attached hydrogens (tertiary/aromatic N) is 3. The van der Waals surface area contributed by atoms with Crippen molar-refractivity contribution in [3.8, 4) is 11.4 Å². The highest BCUT2D eigenvalue weighted by atomic mass is 32.2. The van der Waals surface area contributed by atoms with Crippen molar-refractivity contribution in [2.24, 2.45) is 0 Å². The first-order valence-corrected chi connectivity index (χ1v) is 9.98. The Morgan fingerprint density at radius 1 is 1.11 bits per heavy atom. The Balaban J connectivity index is 1.58. The molecule has 1 amide bonds. The Morgan fingerprint density at radius 2 is 1.79 bits per heavy atom. The fourth-order valence-electron chi connectivity index (χ4n) is 2.55. The quantitative estimate of drug-likeness (QED) is 0.650. The molecule has 3 aromatic rings. The van der Waals surface area contributed by atoms with E-state index in [-0.39, 0.29) is 23.9 Å². The number of likely N-dealkylation sites (N-methyl/N-ethyl adjacent to an activating group) is 1. The van der Waals surface area contributed by atoms with E-state index in [2.05, 4.69) is 15.5 Å². The Kier molecular flexibility index (Phi) is 5.86. The number of nitrogens with one attached hydrogen (secondary N) is 1. The normalized spacial score (nSPS) is 11.5. The largest absolute Gasteiger partial charge is 0.346 e. The molecule has 1 N–H and O–H groups in total. The van der Waals surface area contributed by atoms with Gasteiger partial charge in [0.15, 0.2) is 0 Å². The maximum atomic E-state index is 12.4. The number of aryl methyl sites for hydroxylation is 1. The van der Waals surface area contributed by atoms with E-state index in [4.69, 9.17) is 4.52 Å².